The molecule has 27 heavy (non-hydrogen) atoms. The van der Waals surface area contributed by atoms with Gasteiger partial charge in [0.25, 0.3) is 0 Å². The zero-order valence-electron chi connectivity index (χ0n) is 16.1. The van der Waals surface area contributed by atoms with Gasteiger partial charge in [0, 0.05) is 33.5 Å². The molecule has 0 atom stereocenters. The van der Waals surface area contributed by atoms with Crippen molar-refractivity contribution in [3.63, 3.8) is 0 Å². The number of hydrogen-bond acceptors (Lipinski definition) is 5. The standard InChI is InChI=1S/C20H28N2O4S/c1-22(16-18-7-5-4-6-8-18)27(23,24)14-13-17-9-11-19(12-10-17)21-15-20(25-2)26-3/h4-12,20-21H,13-16H2,1-3H3. The number of sulfonamides is 1. The predicted molar refractivity (Wildman–Crippen MR) is 108 cm³/mol. The molecule has 0 heterocycles. The van der Waals surface area contributed by atoms with Crippen molar-refractivity contribution in [3.05, 3.63) is 65.7 Å². The third-order valence-corrected chi connectivity index (χ3v) is 6.12. The molecule has 1 N–H and O–H groups in total. The lowest BCUT2D eigenvalue weighted by molar-refractivity contribution is -0.0914. The van der Waals surface area contributed by atoms with E-state index in [0.29, 0.717) is 19.5 Å². The average molecular weight is 393 g/mol. The molecule has 0 spiro atoms. The summed E-state index contributed by atoms with van der Waals surface area (Å²) in [7, 11) is 1.49. The van der Waals surface area contributed by atoms with Crippen LogP contribution >= 0.6 is 0 Å². The van der Waals surface area contributed by atoms with Gasteiger partial charge in [-0.1, -0.05) is 42.5 Å². The van der Waals surface area contributed by atoms with Gasteiger partial charge in [0.1, 0.15) is 0 Å². The van der Waals surface area contributed by atoms with Crippen LogP contribution in [0, 0.1) is 0 Å². The summed E-state index contributed by atoms with van der Waals surface area (Å²) >= 11 is 0. The van der Waals surface area contributed by atoms with E-state index < -0.39 is 10.0 Å². The summed E-state index contributed by atoms with van der Waals surface area (Å²) in [5, 5.41) is 3.22. The summed E-state index contributed by atoms with van der Waals surface area (Å²) in [5.74, 6) is 0.0819. The Morgan fingerprint density at radius 3 is 2.19 bits per heavy atom. The van der Waals surface area contributed by atoms with E-state index in [0.717, 1.165) is 16.8 Å². The zero-order chi connectivity index (χ0) is 19.7. The normalized spacial score (nSPS) is 11.9. The van der Waals surface area contributed by atoms with Crippen molar-refractivity contribution in [2.45, 2.75) is 19.3 Å². The summed E-state index contributed by atoms with van der Waals surface area (Å²) in [5.41, 5.74) is 2.89. The number of anilines is 1. The Bertz CT molecular complexity index is 775. The Balaban J connectivity index is 1.85. The van der Waals surface area contributed by atoms with Gasteiger partial charge >= 0.3 is 0 Å². The van der Waals surface area contributed by atoms with Gasteiger partial charge in [-0.2, -0.15) is 0 Å². The minimum atomic E-state index is -3.31. The highest BCUT2D eigenvalue weighted by atomic mass is 32.2. The Kier molecular flexibility index (Phi) is 8.24. The number of rotatable bonds is 11. The van der Waals surface area contributed by atoms with Crippen LogP contribution in [0.4, 0.5) is 5.69 Å². The number of nitrogens with zero attached hydrogens (tertiary/aromatic N) is 1. The van der Waals surface area contributed by atoms with E-state index in [-0.39, 0.29) is 12.0 Å². The third kappa shape index (κ3) is 6.95. The highest BCUT2D eigenvalue weighted by molar-refractivity contribution is 7.89. The first-order valence-corrected chi connectivity index (χ1v) is 10.4. The van der Waals surface area contributed by atoms with Gasteiger partial charge in [0.05, 0.1) is 12.3 Å². The van der Waals surface area contributed by atoms with Crippen LogP contribution in [0.5, 0.6) is 0 Å². The number of hydrogen-bond donors (Lipinski definition) is 1. The van der Waals surface area contributed by atoms with E-state index in [1.54, 1.807) is 21.3 Å². The second kappa shape index (κ2) is 10.4. The van der Waals surface area contributed by atoms with E-state index in [1.807, 2.05) is 54.6 Å². The van der Waals surface area contributed by atoms with E-state index in [2.05, 4.69) is 5.32 Å². The molecule has 0 saturated carbocycles. The molecule has 6 nitrogen and oxygen atoms in total. The first-order chi connectivity index (χ1) is 12.9. The molecule has 2 aromatic rings. The summed E-state index contributed by atoms with van der Waals surface area (Å²) < 4.78 is 36.7. The molecule has 0 saturated heterocycles. The fourth-order valence-corrected chi connectivity index (χ4v) is 3.75. The second-order valence-electron chi connectivity index (χ2n) is 6.29. The molecule has 2 rings (SSSR count). The van der Waals surface area contributed by atoms with Crippen LogP contribution in [-0.2, 0) is 32.5 Å². The molecule has 0 aliphatic carbocycles. The lowest BCUT2D eigenvalue weighted by atomic mass is 10.1. The Labute approximate surface area is 162 Å². The second-order valence-corrected chi connectivity index (χ2v) is 8.48. The summed E-state index contributed by atoms with van der Waals surface area (Å²) in [6.45, 7) is 0.914. The van der Waals surface area contributed by atoms with E-state index in [1.165, 1.54) is 4.31 Å². The maximum atomic E-state index is 12.5. The van der Waals surface area contributed by atoms with Crippen LogP contribution in [0.1, 0.15) is 11.1 Å². The monoisotopic (exact) mass is 392 g/mol. The lowest BCUT2D eigenvalue weighted by Gasteiger charge is -2.17. The van der Waals surface area contributed by atoms with Gasteiger partial charge in [-0.25, -0.2) is 12.7 Å². The van der Waals surface area contributed by atoms with Crippen molar-refractivity contribution in [1.82, 2.24) is 4.31 Å². The molecule has 0 radical (unpaired) electrons. The first kappa shape index (κ1) is 21.4. The molecule has 148 valence electrons. The van der Waals surface area contributed by atoms with Crippen molar-refractivity contribution in [2.75, 3.05) is 38.9 Å². The van der Waals surface area contributed by atoms with Crippen LogP contribution in [0.3, 0.4) is 0 Å². The number of methoxy groups -OCH3 is 2. The summed E-state index contributed by atoms with van der Waals surface area (Å²) in [4.78, 5) is 0. The largest absolute Gasteiger partial charge is 0.380 e. The minimum absolute atomic E-state index is 0.0819. The SMILES string of the molecule is COC(CNc1ccc(CCS(=O)(=O)N(C)Cc2ccccc2)cc1)OC. The smallest absolute Gasteiger partial charge is 0.214 e. The predicted octanol–water partition coefficient (Wildman–Crippen LogP) is 2.72. The minimum Gasteiger partial charge on any atom is -0.380 e. The van der Waals surface area contributed by atoms with Crippen LogP contribution in [0.25, 0.3) is 0 Å². The highest BCUT2D eigenvalue weighted by Crippen LogP contribution is 2.13. The molecule has 0 bridgehead atoms. The topological polar surface area (TPSA) is 67.9 Å². The molecule has 0 unspecified atom stereocenters. The van der Waals surface area contributed by atoms with Gasteiger partial charge in [-0.3, -0.25) is 0 Å². The Hall–Kier alpha value is -1.93. The lowest BCUT2D eigenvalue weighted by Crippen LogP contribution is -2.29. The van der Waals surface area contributed by atoms with Crippen molar-refractivity contribution in [1.29, 1.82) is 0 Å². The van der Waals surface area contributed by atoms with Crippen molar-refractivity contribution < 1.29 is 17.9 Å². The Morgan fingerprint density at radius 1 is 0.963 bits per heavy atom. The zero-order valence-corrected chi connectivity index (χ0v) is 16.9. The number of ether oxygens (including phenoxy) is 2. The van der Waals surface area contributed by atoms with E-state index in [4.69, 9.17) is 9.47 Å². The fourth-order valence-electron chi connectivity index (χ4n) is 2.59. The van der Waals surface area contributed by atoms with Gasteiger partial charge in [-0.05, 0) is 29.7 Å². The molecule has 0 aliphatic rings. The third-order valence-electron chi connectivity index (χ3n) is 4.32. The summed E-state index contributed by atoms with van der Waals surface area (Å²) in [6.07, 6.45) is 0.163. The fraction of sp³-hybridized carbons (Fsp3) is 0.400. The average Bonchev–Trinajstić information content (AvgIpc) is 2.69. The molecule has 7 heteroatoms. The van der Waals surface area contributed by atoms with Gasteiger partial charge in [-0.15, -0.1) is 0 Å². The number of aryl methyl sites for hydroxylation is 1. The Morgan fingerprint density at radius 2 is 1.59 bits per heavy atom. The quantitative estimate of drug-likeness (QED) is 0.596. The number of nitrogens with one attached hydrogen (secondary N) is 1. The molecule has 0 aromatic heterocycles. The number of benzene rings is 2. The van der Waals surface area contributed by atoms with Crippen LogP contribution < -0.4 is 5.32 Å². The summed E-state index contributed by atoms with van der Waals surface area (Å²) in [6, 6.07) is 17.3. The molecule has 0 aliphatic heterocycles. The molecule has 2 aromatic carbocycles. The molecule has 0 amide bonds. The highest BCUT2D eigenvalue weighted by Gasteiger charge is 2.18. The van der Waals surface area contributed by atoms with Crippen molar-refractivity contribution >= 4 is 15.7 Å². The van der Waals surface area contributed by atoms with Gasteiger partial charge in [0.2, 0.25) is 10.0 Å². The first-order valence-electron chi connectivity index (χ1n) is 8.81. The van der Waals surface area contributed by atoms with E-state index >= 15 is 0 Å². The van der Waals surface area contributed by atoms with Crippen LogP contribution in [0.15, 0.2) is 54.6 Å². The molecular formula is C20H28N2O4S. The van der Waals surface area contributed by atoms with E-state index in [9.17, 15) is 8.42 Å². The maximum absolute atomic E-state index is 12.5. The van der Waals surface area contributed by atoms with Crippen LogP contribution in [0.2, 0.25) is 0 Å². The van der Waals surface area contributed by atoms with Gasteiger partial charge in [0.15, 0.2) is 6.29 Å². The van der Waals surface area contributed by atoms with Crippen molar-refractivity contribution in [2.24, 2.45) is 0 Å². The maximum Gasteiger partial charge on any atom is 0.214 e. The van der Waals surface area contributed by atoms with Crippen molar-refractivity contribution in [3.8, 4) is 0 Å². The van der Waals surface area contributed by atoms with Crippen LogP contribution in [-0.4, -0.2) is 52.6 Å². The van der Waals surface area contributed by atoms with Gasteiger partial charge < -0.3 is 14.8 Å². The molecule has 0 fully saturated rings. The molecular weight excluding hydrogens is 364 g/mol.